The molecule has 2 atom stereocenters. The average molecular weight is 338 g/mol. The third-order valence-corrected chi connectivity index (χ3v) is 5.23. The second kappa shape index (κ2) is 7.79. The molecule has 1 aliphatic carbocycles. The lowest BCUT2D eigenvalue weighted by molar-refractivity contribution is 0.0451. The lowest BCUT2D eigenvalue weighted by atomic mass is 9.86. The Morgan fingerprint density at radius 1 is 1.20 bits per heavy atom. The Morgan fingerprint density at radius 2 is 2.00 bits per heavy atom. The molecule has 2 unspecified atom stereocenters. The predicted octanol–water partition coefficient (Wildman–Crippen LogP) is 3.68. The molecule has 1 amide bonds. The molecule has 4 heteroatoms. The van der Waals surface area contributed by atoms with Crippen LogP contribution in [0.1, 0.15) is 41.6 Å². The van der Waals surface area contributed by atoms with Gasteiger partial charge in [-0.15, -0.1) is 0 Å². The molecule has 25 heavy (non-hydrogen) atoms. The number of aliphatic hydroxyl groups excluding tert-OH is 1. The van der Waals surface area contributed by atoms with Crippen LogP contribution in [0, 0.1) is 12.8 Å². The fourth-order valence-corrected chi connectivity index (χ4v) is 3.71. The van der Waals surface area contributed by atoms with Crippen molar-refractivity contribution in [1.82, 2.24) is 9.88 Å². The highest BCUT2D eigenvalue weighted by molar-refractivity contribution is 5.97. The molecule has 1 fully saturated rings. The first-order valence-electron chi connectivity index (χ1n) is 9.02. The molecule has 0 radical (unpaired) electrons. The highest BCUT2D eigenvalue weighted by Gasteiger charge is 2.26. The Labute approximate surface area is 149 Å². The predicted molar refractivity (Wildman–Crippen MR) is 99.3 cm³/mol. The second-order valence-electron chi connectivity index (χ2n) is 6.99. The summed E-state index contributed by atoms with van der Waals surface area (Å²) in [5.74, 6) is 0.190. The largest absolute Gasteiger partial charge is 0.393 e. The quantitative estimate of drug-likeness (QED) is 0.925. The summed E-state index contributed by atoms with van der Waals surface area (Å²) in [6, 6.07) is 11.6. The Balaban J connectivity index is 1.80. The van der Waals surface area contributed by atoms with Crippen molar-refractivity contribution >= 4 is 5.91 Å². The van der Waals surface area contributed by atoms with Crippen molar-refractivity contribution < 1.29 is 9.90 Å². The van der Waals surface area contributed by atoms with Crippen molar-refractivity contribution in [3.8, 4) is 11.3 Å². The summed E-state index contributed by atoms with van der Waals surface area (Å²) in [6.45, 7) is 2.58. The number of pyridine rings is 1. The molecule has 132 valence electrons. The topological polar surface area (TPSA) is 53.4 Å². The van der Waals surface area contributed by atoms with Crippen LogP contribution in [0.15, 0.2) is 42.6 Å². The number of rotatable bonds is 4. The first-order chi connectivity index (χ1) is 12.1. The minimum absolute atomic E-state index is 0.00746. The number of aromatic nitrogens is 1. The number of hydrogen-bond acceptors (Lipinski definition) is 3. The molecule has 2 aromatic rings. The lowest BCUT2D eigenvalue weighted by Gasteiger charge is -2.31. The van der Waals surface area contributed by atoms with Crippen LogP contribution in [0.5, 0.6) is 0 Å². The van der Waals surface area contributed by atoms with Crippen LogP contribution in [-0.4, -0.2) is 40.6 Å². The third-order valence-electron chi connectivity index (χ3n) is 5.23. The number of nitrogens with zero attached hydrogens (tertiary/aromatic N) is 2. The highest BCUT2D eigenvalue weighted by atomic mass is 16.3. The van der Waals surface area contributed by atoms with Crippen LogP contribution in [0.2, 0.25) is 0 Å². The molecule has 3 rings (SSSR count). The molecular formula is C21H26N2O2. The fraction of sp³-hybridized carbons (Fsp3) is 0.429. The summed E-state index contributed by atoms with van der Waals surface area (Å²) in [6.07, 6.45) is 5.54. The van der Waals surface area contributed by atoms with Crippen LogP contribution >= 0.6 is 0 Å². The van der Waals surface area contributed by atoms with Crippen molar-refractivity contribution in [3.63, 3.8) is 0 Å². The van der Waals surface area contributed by atoms with E-state index in [0.717, 1.165) is 42.5 Å². The van der Waals surface area contributed by atoms with E-state index in [4.69, 9.17) is 0 Å². The van der Waals surface area contributed by atoms with Gasteiger partial charge in [-0.1, -0.05) is 31.0 Å². The molecule has 0 saturated heterocycles. The van der Waals surface area contributed by atoms with Gasteiger partial charge in [-0.3, -0.25) is 9.78 Å². The standard InChI is InChI=1S/C21H26N2O2/c1-15-17(19-11-5-6-13-22-19)9-7-10-18(15)21(25)23(2)14-16-8-3-4-12-20(16)24/h5-7,9-11,13,16,20,24H,3-4,8,12,14H2,1-2H3. The molecule has 0 spiro atoms. The van der Waals surface area contributed by atoms with Gasteiger partial charge in [-0.2, -0.15) is 0 Å². The van der Waals surface area contributed by atoms with Crippen LogP contribution in [0.25, 0.3) is 11.3 Å². The van der Waals surface area contributed by atoms with Gasteiger partial charge in [0, 0.05) is 36.8 Å². The summed E-state index contributed by atoms with van der Waals surface area (Å²) in [5, 5.41) is 10.2. The maximum absolute atomic E-state index is 13.0. The van der Waals surface area contributed by atoms with Crippen molar-refractivity contribution in [3.05, 3.63) is 53.7 Å². The van der Waals surface area contributed by atoms with E-state index in [1.54, 1.807) is 11.1 Å². The van der Waals surface area contributed by atoms with E-state index in [9.17, 15) is 9.90 Å². The van der Waals surface area contributed by atoms with E-state index in [-0.39, 0.29) is 17.9 Å². The fourth-order valence-electron chi connectivity index (χ4n) is 3.71. The number of carbonyl (C=O) groups is 1. The number of aliphatic hydroxyl groups is 1. The molecule has 1 aromatic carbocycles. The Hall–Kier alpha value is -2.20. The van der Waals surface area contributed by atoms with Gasteiger partial charge in [0.25, 0.3) is 5.91 Å². The zero-order chi connectivity index (χ0) is 17.8. The van der Waals surface area contributed by atoms with Gasteiger partial charge in [0.2, 0.25) is 0 Å². The Kier molecular flexibility index (Phi) is 5.49. The van der Waals surface area contributed by atoms with Gasteiger partial charge in [0.15, 0.2) is 0 Å². The number of benzene rings is 1. The van der Waals surface area contributed by atoms with Gasteiger partial charge in [0.05, 0.1) is 11.8 Å². The smallest absolute Gasteiger partial charge is 0.253 e. The SMILES string of the molecule is Cc1c(C(=O)N(C)CC2CCCCC2O)cccc1-c1ccccn1. The van der Waals surface area contributed by atoms with Gasteiger partial charge in [0.1, 0.15) is 0 Å². The molecule has 0 bridgehead atoms. The molecule has 0 aliphatic heterocycles. The molecule has 1 saturated carbocycles. The van der Waals surface area contributed by atoms with E-state index in [0.29, 0.717) is 12.1 Å². The minimum atomic E-state index is -0.287. The van der Waals surface area contributed by atoms with E-state index in [2.05, 4.69) is 4.98 Å². The number of amides is 1. The molecule has 1 aromatic heterocycles. The van der Waals surface area contributed by atoms with E-state index in [1.807, 2.05) is 50.4 Å². The monoisotopic (exact) mass is 338 g/mol. The summed E-state index contributed by atoms with van der Waals surface area (Å²) in [7, 11) is 1.83. The zero-order valence-electron chi connectivity index (χ0n) is 15.0. The van der Waals surface area contributed by atoms with Crippen molar-refractivity contribution in [1.29, 1.82) is 0 Å². The van der Waals surface area contributed by atoms with E-state index < -0.39 is 0 Å². The van der Waals surface area contributed by atoms with Crippen LogP contribution < -0.4 is 0 Å². The average Bonchev–Trinajstić information content (AvgIpc) is 2.64. The van der Waals surface area contributed by atoms with Crippen LogP contribution in [0.4, 0.5) is 0 Å². The number of hydrogen-bond donors (Lipinski definition) is 1. The maximum atomic E-state index is 13.0. The van der Waals surface area contributed by atoms with Crippen LogP contribution in [0.3, 0.4) is 0 Å². The molecular weight excluding hydrogens is 312 g/mol. The summed E-state index contributed by atoms with van der Waals surface area (Å²) in [4.78, 5) is 19.1. The Morgan fingerprint density at radius 3 is 2.72 bits per heavy atom. The minimum Gasteiger partial charge on any atom is -0.393 e. The van der Waals surface area contributed by atoms with Crippen molar-refractivity contribution in [2.45, 2.75) is 38.7 Å². The highest BCUT2D eigenvalue weighted by Crippen LogP contribution is 2.27. The second-order valence-corrected chi connectivity index (χ2v) is 6.99. The van der Waals surface area contributed by atoms with E-state index >= 15 is 0 Å². The lowest BCUT2D eigenvalue weighted by Crippen LogP contribution is -2.38. The zero-order valence-corrected chi connectivity index (χ0v) is 15.0. The number of carbonyl (C=O) groups excluding carboxylic acids is 1. The first-order valence-corrected chi connectivity index (χ1v) is 9.02. The van der Waals surface area contributed by atoms with E-state index in [1.165, 1.54) is 0 Å². The summed E-state index contributed by atoms with van der Waals surface area (Å²) >= 11 is 0. The Bertz CT molecular complexity index is 730. The molecule has 1 heterocycles. The van der Waals surface area contributed by atoms with Gasteiger partial charge in [-0.25, -0.2) is 0 Å². The van der Waals surface area contributed by atoms with Crippen molar-refractivity contribution in [2.75, 3.05) is 13.6 Å². The molecule has 4 nitrogen and oxygen atoms in total. The van der Waals surface area contributed by atoms with Crippen LogP contribution in [-0.2, 0) is 0 Å². The normalized spacial score (nSPS) is 20.3. The van der Waals surface area contributed by atoms with Gasteiger partial charge < -0.3 is 10.0 Å². The third kappa shape index (κ3) is 3.90. The first kappa shape index (κ1) is 17.6. The maximum Gasteiger partial charge on any atom is 0.253 e. The molecule has 1 N–H and O–H groups in total. The summed E-state index contributed by atoms with van der Waals surface area (Å²) in [5.41, 5.74) is 3.51. The summed E-state index contributed by atoms with van der Waals surface area (Å²) < 4.78 is 0. The van der Waals surface area contributed by atoms with Gasteiger partial charge in [-0.05, 0) is 43.5 Å². The van der Waals surface area contributed by atoms with Crippen molar-refractivity contribution in [2.24, 2.45) is 5.92 Å². The molecule has 1 aliphatic rings. The van der Waals surface area contributed by atoms with Gasteiger partial charge >= 0.3 is 0 Å².